The van der Waals surface area contributed by atoms with Crippen molar-refractivity contribution in [1.82, 2.24) is 5.32 Å². The minimum atomic E-state index is -4.61. The van der Waals surface area contributed by atoms with Crippen molar-refractivity contribution in [3.8, 4) is 0 Å². The van der Waals surface area contributed by atoms with Gasteiger partial charge in [0, 0.05) is 0 Å². The first-order valence-corrected chi connectivity index (χ1v) is 9.43. The normalized spacial score (nSPS) is 27.6. The van der Waals surface area contributed by atoms with Crippen molar-refractivity contribution < 1.29 is 22.7 Å². The maximum atomic E-state index is 12.6. The second-order valence-corrected chi connectivity index (χ2v) is 11.4. The van der Waals surface area contributed by atoms with E-state index in [0.29, 0.717) is 13.0 Å². The Morgan fingerprint density at radius 1 is 1.26 bits per heavy atom. The SMILES string of the molecule is CC(C)(C)[Si](C)(C)O[C@@H]1CCN[C@@H]1[C@@H](O)C(F)(F)F. The quantitative estimate of drug-likeness (QED) is 0.787. The molecule has 0 unspecified atom stereocenters. The highest BCUT2D eigenvalue weighted by atomic mass is 28.4. The highest BCUT2D eigenvalue weighted by Gasteiger charge is 2.50. The van der Waals surface area contributed by atoms with E-state index in [4.69, 9.17) is 4.43 Å². The second-order valence-electron chi connectivity index (χ2n) is 6.67. The first-order valence-electron chi connectivity index (χ1n) is 6.52. The number of aliphatic hydroxyl groups excluding tert-OH is 1. The van der Waals surface area contributed by atoms with Crippen molar-refractivity contribution in [1.29, 1.82) is 0 Å². The fourth-order valence-electron chi connectivity index (χ4n) is 1.91. The molecule has 1 saturated heterocycles. The van der Waals surface area contributed by atoms with Gasteiger partial charge in [0.2, 0.25) is 0 Å². The van der Waals surface area contributed by atoms with Crippen LogP contribution >= 0.6 is 0 Å². The van der Waals surface area contributed by atoms with Crippen LogP contribution in [0.15, 0.2) is 0 Å². The molecule has 1 aliphatic rings. The van der Waals surface area contributed by atoms with Crippen LogP contribution in [0.4, 0.5) is 13.2 Å². The molecular weight excluding hydrogens is 275 g/mol. The van der Waals surface area contributed by atoms with Gasteiger partial charge < -0.3 is 14.8 Å². The van der Waals surface area contributed by atoms with Gasteiger partial charge in [-0.05, 0) is 31.1 Å². The van der Waals surface area contributed by atoms with Gasteiger partial charge in [-0.2, -0.15) is 13.2 Å². The molecule has 3 atom stereocenters. The predicted molar refractivity (Wildman–Crippen MR) is 70.5 cm³/mol. The molecule has 2 N–H and O–H groups in total. The number of halogens is 3. The minimum absolute atomic E-state index is 0.0661. The molecule has 0 aromatic rings. The van der Waals surface area contributed by atoms with E-state index in [1.807, 2.05) is 33.9 Å². The Morgan fingerprint density at radius 3 is 2.21 bits per heavy atom. The van der Waals surface area contributed by atoms with E-state index in [1.165, 1.54) is 0 Å². The molecule has 1 heterocycles. The van der Waals surface area contributed by atoms with Crippen LogP contribution in [-0.2, 0) is 4.43 Å². The fraction of sp³-hybridized carbons (Fsp3) is 1.00. The van der Waals surface area contributed by atoms with Crippen LogP contribution in [0.2, 0.25) is 18.1 Å². The Balaban J connectivity index is 2.78. The van der Waals surface area contributed by atoms with Gasteiger partial charge in [-0.25, -0.2) is 0 Å². The van der Waals surface area contributed by atoms with E-state index < -0.39 is 32.7 Å². The van der Waals surface area contributed by atoms with Crippen LogP contribution in [0.25, 0.3) is 0 Å². The Kier molecular flexibility index (Phi) is 4.77. The maximum Gasteiger partial charge on any atom is 0.415 e. The average molecular weight is 299 g/mol. The van der Waals surface area contributed by atoms with Crippen molar-refractivity contribution >= 4 is 8.32 Å². The summed E-state index contributed by atoms with van der Waals surface area (Å²) in [7, 11) is -2.14. The first-order chi connectivity index (χ1) is 8.36. The van der Waals surface area contributed by atoms with Crippen LogP contribution < -0.4 is 5.32 Å². The van der Waals surface area contributed by atoms with Gasteiger partial charge in [-0.15, -0.1) is 0 Å². The first kappa shape index (κ1) is 16.9. The standard InChI is InChI=1S/C12H24F3NO2Si/c1-11(2,3)19(4,5)18-8-6-7-16-9(8)10(17)12(13,14)15/h8-10,16-17H,6-7H2,1-5H3/t8-,9+,10-/m1/s1. The van der Waals surface area contributed by atoms with E-state index in [1.54, 1.807) is 0 Å². The van der Waals surface area contributed by atoms with Crippen molar-refractivity contribution in [2.24, 2.45) is 0 Å². The summed E-state index contributed by atoms with van der Waals surface area (Å²) in [6.45, 7) is 10.6. The van der Waals surface area contributed by atoms with E-state index in [9.17, 15) is 18.3 Å². The zero-order valence-electron chi connectivity index (χ0n) is 12.1. The van der Waals surface area contributed by atoms with Crippen LogP contribution in [0.5, 0.6) is 0 Å². The molecule has 0 aromatic carbocycles. The van der Waals surface area contributed by atoms with Gasteiger partial charge in [-0.1, -0.05) is 20.8 Å². The number of nitrogens with one attached hydrogen (secondary N) is 1. The summed E-state index contributed by atoms with van der Waals surface area (Å²) >= 11 is 0. The van der Waals surface area contributed by atoms with Gasteiger partial charge in [0.15, 0.2) is 14.4 Å². The van der Waals surface area contributed by atoms with Crippen LogP contribution in [0.3, 0.4) is 0 Å². The van der Waals surface area contributed by atoms with Gasteiger partial charge in [0.1, 0.15) is 0 Å². The molecule has 0 amide bonds. The maximum absolute atomic E-state index is 12.6. The predicted octanol–water partition coefficient (Wildman–Crippen LogP) is 2.66. The minimum Gasteiger partial charge on any atom is -0.412 e. The third kappa shape index (κ3) is 3.93. The van der Waals surface area contributed by atoms with Crippen molar-refractivity contribution in [3.05, 3.63) is 0 Å². The largest absolute Gasteiger partial charge is 0.415 e. The lowest BCUT2D eigenvalue weighted by Crippen LogP contribution is -2.54. The monoisotopic (exact) mass is 299 g/mol. The Morgan fingerprint density at radius 2 is 1.79 bits per heavy atom. The highest BCUT2D eigenvalue weighted by molar-refractivity contribution is 6.74. The number of hydrogen-bond donors (Lipinski definition) is 2. The molecule has 3 nitrogen and oxygen atoms in total. The molecule has 0 radical (unpaired) electrons. The molecule has 114 valence electrons. The molecule has 0 saturated carbocycles. The zero-order valence-corrected chi connectivity index (χ0v) is 13.1. The van der Waals surface area contributed by atoms with Gasteiger partial charge in [0.05, 0.1) is 12.1 Å². The number of rotatable bonds is 3. The average Bonchev–Trinajstić information content (AvgIpc) is 2.60. The molecule has 0 spiro atoms. The zero-order chi connectivity index (χ0) is 15.1. The van der Waals surface area contributed by atoms with Crippen molar-refractivity contribution in [3.63, 3.8) is 0 Å². The molecule has 1 aliphatic heterocycles. The summed E-state index contributed by atoms with van der Waals surface area (Å²) in [5, 5.41) is 12.1. The lowest BCUT2D eigenvalue weighted by atomic mass is 10.1. The fourth-order valence-corrected chi connectivity index (χ4v) is 3.28. The Labute approximate surface area is 113 Å². The lowest BCUT2D eigenvalue weighted by Gasteiger charge is -2.40. The molecule has 0 aromatic heterocycles. The molecule has 0 aliphatic carbocycles. The van der Waals surface area contributed by atoms with Gasteiger partial charge >= 0.3 is 6.18 Å². The summed E-state index contributed by atoms with van der Waals surface area (Å²) in [5.74, 6) is 0. The summed E-state index contributed by atoms with van der Waals surface area (Å²) in [6, 6.07) is -1.06. The number of aliphatic hydroxyl groups is 1. The van der Waals surface area contributed by atoms with E-state index in [2.05, 4.69) is 5.32 Å². The Bertz CT molecular complexity index is 315. The lowest BCUT2D eigenvalue weighted by molar-refractivity contribution is -0.216. The molecule has 19 heavy (non-hydrogen) atoms. The Hall–Kier alpha value is -0.113. The number of alkyl halides is 3. The van der Waals surface area contributed by atoms with Crippen LogP contribution in [0.1, 0.15) is 27.2 Å². The topological polar surface area (TPSA) is 41.5 Å². The van der Waals surface area contributed by atoms with Crippen LogP contribution in [0, 0.1) is 0 Å². The highest BCUT2D eigenvalue weighted by Crippen LogP contribution is 2.39. The molecule has 1 rings (SSSR count). The third-order valence-corrected chi connectivity index (χ3v) is 8.64. The van der Waals surface area contributed by atoms with E-state index in [0.717, 1.165) is 0 Å². The van der Waals surface area contributed by atoms with Gasteiger partial charge in [-0.3, -0.25) is 0 Å². The van der Waals surface area contributed by atoms with Crippen LogP contribution in [-0.4, -0.2) is 44.4 Å². The molecule has 0 bridgehead atoms. The molecule has 1 fully saturated rings. The summed E-state index contributed by atoms with van der Waals surface area (Å²) in [4.78, 5) is 0. The smallest absolute Gasteiger partial charge is 0.412 e. The van der Waals surface area contributed by atoms with Crippen molar-refractivity contribution in [2.45, 2.75) is 69.8 Å². The van der Waals surface area contributed by atoms with Gasteiger partial charge in [0.25, 0.3) is 0 Å². The van der Waals surface area contributed by atoms with E-state index in [-0.39, 0.29) is 5.04 Å². The van der Waals surface area contributed by atoms with E-state index >= 15 is 0 Å². The summed E-state index contributed by atoms with van der Waals surface area (Å²) < 4.78 is 43.8. The van der Waals surface area contributed by atoms with Crippen molar-refractivity contribution in [2.75, 3.05) is 6.54 Å². The second kappa shape index (κ2) is 5.35. The summed E-state index contributed by atoms with van der Waals surface area (Å²) in [6.07, 6.45) is -7.05. The molecule has 7 heteroatoms. The summed E-state index contributed by atoms with van der Waals surface area (Å²) in [5.41, 5.74) is 0. The molecular formula is C12H24F3NO2Si. The number of hydrogen-bond acceptors (Lipinski definition) is 3. The third-order valence-electron chi connectivity index (χ3n) is 4.14.